The van der Waals surface area contributed by atoms with E-state index in [2.05, 4.69) is 10.6 Å². The molecule has 1 aliphatic rings. The van der Waals surface area contributed by atoms with Crippen molar-refractivity contribution in [3.63, 3.8) is 0 Å². The fourth-order valence-electron chi connectivity index (χ4n) is 3.44. The molecule has 0 spiro atoms. The molecule has 0 saturated carbocycles. The minimum atomic E-state index is -3.51. The predicted octanol–water partition coefficient (Wildman–Crippen LogP) is 4.93. The van der Waals surface area contributed by atoms with Gasteiger partial charge in [0.05, 0.1) is 28.6 Å². The van der Waals surface area contributed by atoms with Crippen LogP contribution in [0.2, 0.25) is 10.0 Å². The van der Waals surface area contributed by atoms with Gasteiger partial charge >= 0.3 is 0 Å². The number of sulfonamides is 1. The Bertz CT molecular complexity index is 1410. The van der Waals surface area contributed by atoms with Crippen LogP contribution in [0.3, 0.4) is 0 Å². The Hall–Kier alpha value is -3.11. The number of aryl methyl sites for hydroxylation is 1. The second-order valence-corrected chi connectivity index (χ2v) is 10.7. The molecule has 0 bridgehead atoms. The Labute approximate surface area is 212 Å². The Morgan fingerprint density at radius 3 is 2.49 bits per heavy atom. The van der Waals surface area contributed by atoms with Crippen LogP contribution in [0.4, 0.5) is 17.1 Å². The molecule has 182 valence electrons. The van der Waals surface area contributed by atoms with Gasteiger partial charge in [-0.3, -0.25) is 9.59 Å². The molecule has 1 fully saturated rings. The van der Waals surface area contributed by atoms with Crippen molar-refractivity contribution in [2.45, 2.75) is 6.92 Å². The maximum Gasteiger partial charge on any atom is 0.257 e. The normalized spacial score (nSPS) is 14.9. The molecule has 1 saturated heterocycles. The van der Waals surface area contributed by atoms with E-state index in [1.54, 1.807) is 42.5 Å². The van der Waals surface area contributed by atoms with Crippen molar-refractivity contribution in [2.75, 3.05) is 34.0 Å². The molecule has 4 rings (SSSR count). The molecule has 3 aromatic carbocycles. The number of nitrogens with zero attached hydrogens (tertiary/aromatic N) is 1. The third-order valence-electron chi connectivity index (χ3n) is 5.35. The maximum absolute atomic E-state index is 12.9. The number of hydrogen-bond donors (Lipinski definition) is 2. The van der Waals surface area contributed by atoms with E-state index in [1.807, 2.05) is 6.92 Å². The van der Waals surface area contributed by atoms with Gasteiger partial charge in [0.1, 0.15) is 6.73 Å². The highest BCUT2D eigenvalue weighted by Crippen LogP contribution is 2.28. The summed E-state index contributed by atoms with van der Waals surface area (Å²) in [5, 5.41) is 6.11. The van der Waals surface area contributed by atoms with Gasteiger partial charge in [-0.2, -0.15) is 0 Å². The summed E-state index contributed by atoms with van der Waals surface area (Å²) in [5.74, 6) is -0.958. The molecule has 1 heterocycles. The summed E-state index contributed by atoms with van der Waals surface area (Å²) in [7, 11) is -3.51. The zero-order valence-corrected chi connectivity index (χ0v) is 20.9. The summed E-state index contributed by atoms with van der Waals surface area (Å²) in [5.41, 5.74) is 2.63. The lowest BCUT2D eigenvalue weighted by Crippen LogP contribution is -2.41. The van der Waals surface area contributed by atoms with Gasteiger partial charge in [-0.05, 0) is 61.0 Å². The van der Waals surface area contributed by atoms with Gasteiger partial charge in [0.2, 0.25) is 10.0 Å². The monoisotopic (exact) mass is 533 g/mol. The number of halogens is 2. The van der Waals surface area contributed by atoms with Crippen LogP contribution >= 0.6 is 23.2 Å². The van der Waals surface area contributed by atoms with Crippen LogP contribution in [0.1, 0.15) is 26.3 Å². The molecular formula is C24H21Cl2N3O5S. The number of hydrogen-bond acceptors (Lipinski definition) is 5. The van der Waals surface area contributed by atoms with Gasteiger partial charge < -0.3 is 15.4 Å². The van der Waals surface area contributed by atoms with E-state index in [0.29, 0.717) is 27.6 Å². The first-order valence-electron chi connectivity index (χ1n) is 10.5. The molecule has 0 aliphatic carbocycles. The third kappa shape index (κ3) is 5.76. The molecule has 0 aromatic heterocycles. The van der Waals surface area contributed by atoms with Crippen molar-refractivity contribution >= 4 is 62.1 Å². The average Bonchev–Trinajstić information content (AvgIpc) is 2.80. The van der Waals surface area contributed by atoms with Crippen molar-refractivity contribution in [1.82, 2.24) is 0 Å². The van der Waals surface area contributed by atoms with Crippen LogP contribution < -0.4 is 14.9 Å². The number of amides is 2. The average molecular weight is 534 g/mol. The largest absolute Gasteiger partial charge is 0.359 e. The zero-order chi connectivity index (χ0) is 25.2. The minimum absolute atomic E-state index is 0.0855. The van der Waals surface area contributed by atoms with Crippen molar-refractivity contribution in [2.24, 2.45) is 0 Å². The van der Waals surface area contributed by atoms with Crippen molar-refractivity contribution in [1.29, 1.82) is 0 Å². The first-order valence-corrected chi connectivity index (χ1v) is 12.9. The zero-order valence-electron chi connectivity index (χ0n) is 18.5. The van der Waals surface area contributed by atoms with E-state index in [9.17, 15) is 18.0 Å². The number of carbonyl (C=O) groups excluding carboxylic acids is 2. The topological polar surface area (TPSA) is 105 Å². The van der Waals surface area contributed by atoms with E-state index in [0.717, 1.165) is 9.87 Å². The standard InChI is InChI=1S/C24H21Cl2N3O5S/c1-15-5-6-18(12-22(15)28-23(30)16-3-2-4-17(25)11-16)27-24(31)20-8-7-19(13-21(20)26)29-14-34-9-10-35(29,32)33/h2-8,11-13H,9-10,14H2,1H3,(H,27,31)(H,28,30). The minimum Gasteiger partial charge on any atom is -0.359 e. The molecule has 11 heteroatoms. The lowest BCUT2D eigenvalue weighted by molar-refractivity contribution is 0.101. The number of rotatable bonds is 5. The second kappa shape index (κ2) is 10.2. The first kappa shape index (κ1) is 25.0. The highest BCUT2D eigenvalue weighted by atomic mass is 35.5. The number of carbonyl (C=O) groups is 2. The highest BCUT2D eigenvalue weighted by molar-refractivity contribution is 7.92. The molecule has 8 nitrogen and oxygen atoms in total. The molecule has 1 aliphatic heterocycles. The summed E-state index contributed by atoms with van der Waals surface area (Å²) < 4.78 is 30.9. The number of benzene rings is 3. The smallest absolute Gasteiger partial charge is 0.257 e. The summed E-state index contributed by atoms with van der Waals surface area (Å²) in [6, 6.07) is 16.0. The van der Waals surface area contributed by atoms with E-state index in [1.165, 1.54) is 18.2 Å². The van der Waals surface area contributed by atoms with Crippen molar-refractivity contribution in [3.8, 4) is 0 Å². The van der Waals surface area contributed by atoms with Crippen molar-refractivity contribution in [3.05, 3.63) is 87.4 Å². The Kier molecular flexibility index (Phi) is 7.32. The lowest BCUT2D eigenvalue weighted by atomic mass is 10.1. The third-order valence-corrected chi connectivity index (χ3v) is 7.56. The number of anilines is 3. The molecule has 2 amide bonds. The summed E-state index contributed by atoms with van der Waals surface area (Å²) in [6.07, 6.45) is 0. The lowest BCUT2D eigenvalue weighted by Gasteiger charge is -2.28. The van der Waals surface area contributed by atoms with Crippen LogP contribution in [-0.4, -0.2) is 39.3 Å². The number of ether oxygens (including phenoxy) is 1. The Morgan fingerprint density at radius 1 is 0.971 bits per heavy atom. The van der Waals surface area contributed by atoms with E-state index in [4.69, 9.17) is 27.9 Å². The first-order chi connectivity index (χ1) is 16.6. The highest BCUT2D eigenvalue weighted by Gasteiger charge is 2.27. The Balaban J connectivity index is 1.50. The Morgan fingerprint density at radius 2 is 1.77 bits per heavy atom. The van der Waals surface area contributed by atoms with Gasteiger partial charge in [0.25, 0.3) is 11.8 Å². The van der Waals surface area contributed by atoms with Crippen LogP contribution in [0.15, 0.2) is 60.7 Å². The van der Waals surface area contributed by atoms with Gasteiger partial charge in [0, 0.05) is 22.0 Å². The van der Waals surface area contributed by atoms with Gasteiger partial charge in [0.15, 0.2) is 0 Å². The fourth-order valence-corrected chi connectivity index (χ4v) is 5.11. The molecule has 0 radical (unpaired) electrons. The summed E-state index contributed by atoms with van der Waals surface area (Å²) in [6.45, 7) is 1.84. The van der Waals surface area contributed by atoms with Gasteiger partial charge in [-0.1, -0.05) is 35.3 Å². The van der Waals surface area contributed by atoms with Crippen LogP contribution in [0, 0.1) is 6.92 Å². The van der Waals surface area contributed by atoms with E-state index >= 15 is 0 Å². The van der Waals surface area contributed by atoms with Gasteiger partial charge in [-0.15, -0.1) is 0 Å². The van der Waals surface area contributed by atoms with Crippen molar-refractivity contribution < 1.29 is 22.7 Å². The van der Waals surface area contributed by atoms with Crippen LogP contribution in [0.25, 0.3) is 0 Å². The quantitative estimate of drug-likeness (QED) is 0.483. The SMILES string of the molecule is Cc1ccc(NC(=O)c2ccc(N3COCCS3(=O)=O)cc2Cl)cc1NC(=O)c1cccc(Cl)c1. The molecule has 2 N–H and O–H groups in total. The molecule has 35 heavy (non-hydrogen) atoms. The second-order valence-electron chi connectivity index (χ2n) is 7.81. The van der Waals surface area contributed by atoms with Gasteiger partial charge in [-0.25, -0.2) is 12.7 Å². The number of nitrogens with one attached hydrogen (secondary N) is 2. The van der Waals surface area contributed by atoms with Crippen LogP contribution in [0.5, 0.6) is 0 Å². The van der Waals surface area contributed by atoms with Crippen LogP contribution in [-0.2, 0) is 14.8 Å². The van der Waals surface area contributed by atoms with E-state index < -0.39 is 15.9 Å². The van der Waals surface area contributed by atoms with E-state index in [-0.39, 0.29) is 35.6 Å². The molecule has 0 atom stereocenters. The fraction of sp³-hybridized carbons (Fsp3) is 0.167. The predicted molar refractivity (Wildman–Crippen MR) is 137 cm³/mol. The molecular weight excluding hydrogens is 513 g/mol. The summed E-state index contributed by atoms with van der Waals surface area (Å²) >= 11 is 12.3. The molecule has 0 unspecified atom stereocenters. The summed E-state index contributed by atoms with van der Waals surface area (Å²) in [4.78, 5) is 25.5. The molecule has 3 aromatic rings. The maximum atomic E-state index is 12.9.